The Morgan fingerprint density at radius 2 is 2.00 bits per heavy atom. The molecule has 0 bridgehead atoms. The highest BCUT2D eigenvalue weighted by Crippen LogP contribution is 2.18. The van der Waals surface area contributed by atoms with Crippen molar-refractivity contribution in [3.8, 4) is 5.75 Å². The van der Waals surface area contributed by atoms with Gasteiger partial charge in [0.05, 0.1) is 6.54 Å². The SMILES string of the molecule is CC(Oc1cccc(F)c1)C(=O)N1CCCN(CC(F)(F)F)CC1. The van der Waals surface area contributed by atoms with Crippen LogP contribution in [-0.2, 0) is 4.79 Å². The third kappa shape index (κ3) is 5.67. The Bertz CT molecular complexity index is 565. The van der Waals surface area contributed by atoms with Crippen LogP contribution in [0.2, 0.25) is 0 Å². The van der Waals surface area contributed by atoms with Gasteiger partial charge in [-0.05, 0) is 25.5 Å². The molecule has 1 unspecified atom stereocenters. The largest absolute Gasteiger partial charge is 0.481 e. The number of nitrogens with zero attached hydrogens (tertiary/aromatic N) is 2. The molecule has 1 atom stereocenters. The minimum Gasteiger partial charge on any atom is -0.481 e. The van der Waals surface area contributed by atoms with E-state index in [0.717, 1.165) is 0 Å². The van der Waals surface area contributed by atoms with E-state index >= 15 is 0 Å². The van der Waals surface area contributed by atoms with Crippen LogP contribution >= 0.6 is 0 Å². The molecule has 1 amide bonds. The maximum Gasteiger partial charge on any atom is 0.401 e. The van der Waals surface area contributed by atoms with Crippen LogP contribution in [0.5, 0.6) is 5.75 Å². The van der Waals surface area contributed by atoms with E-state index in [9.17, 15) is 22.4 Å². The van der Waals surface area contributed by atoms with Gasteiger partial charge >= 0.3 is 6.18 Å². The monoisotopic (exact) mass is 348 g/mol. The fourth-order valence-corrected chi connectivity index (χ4v) is 2.65. The van der Waals surface area contributed by atoms with Crippen molar-refractivity contribution >= 4 is 5.91 Å². The summed E-state index contributed by atoms with van der Waals surface area (Å²) in [5, 5.41) is 0. The van der Waals surface area contributed by atoms with Gasteiger partial charge in [-0.25, -0.2) is 4.39 Å². The number of alkyl halides is 3. The molecule has 0 aliphatic carbocycles. The average Bonchev–Trinajstić information content (AvgIpc) is 2.70. The molecule has 0 saturated carbocycles. The number of carbonyl (C=O) groups is 1. The van der Waals surface area contributed by atoms with Crippen molar-refractivity contribution in [2.45, 2.75) is 25.6 Å². The van der Waals surface area contributed by atoms with Crippen LogP contribution in [0.3, 0.4) is 0 Å². The van der Waals surface area contributed by atoms with E-state index in [1.165, 1.54) is 28.0 Å². The topological polar surface area (TPSA) is 32.8 Å². The lowest BCUT2D eigenvalue weighted by molar-refractivity contribution is -0.145. The number of hydrogen-bond donors (Lipinski definition) is 0. The van der Waals surface area contributed by atoms with Crippen LogP contribution in [-0.4, -0.2) is 60.7 Å². The van der Waals surface area contributed by atoms with E-state index in [-0.39, 0.29) is 24.7 Å². The highest BCUT2D eigenvalue weighted by molar-refractivity contribution is 5.81. The molecule has 2 rings (SSSR count). The fraction of sp³-hybridized carbons (Fsp3) is 0.562. The van der Waals surface area contributed by atoms with Gasteiger partial charge in [0.15, 0.2) is 6.10 Å². The van der Waals surface area contributed by atoms with Crippen LogP contribution in [0.1, 0.15) is 13.3 Å². The maximum atomic E-state index is 13.1. The van der Waals surface area contributed by atoms with Crippen molar-refractivity contribution in [2.24, 2.45) is 0 Å². The van der Waals surface area contributed by atoms with Crippen LogP contribution in [0.4, 0.5) is 17.6 Å². The summed E-state index contributed by atoms with van der Waals surface area (Å²) in [7, 11) is 0. The molecule has 0 spiro atoms. The molecule has 8 heteroatoms. The molecule has 24 heavy (non-hydrogen) atoms. The molecule has 1 saturated heterocycles. The highest BCUT2D eigenvalue weighted by atomic mass is 19.4. The van der Waals surface area contributed by atoms with Crippen LogP contribution in [0.15, 0.2) is 24.3 Å². The molecular weight excluding hydrogens is 328 g/mol. The number of rotatable bonds is 4. The molecule has 1 aromatic rings. The molecule has 1 heterocycles. The zero-order valence-corrected chi connectivity index (χ0v) is 13.4. The lowest BCUT2D eigenvalue weighted by Crippen LogP contribution is -2.43. The molecule has 1 aliphatic rings. The Labute approximate surface area is 138 Å². The van der Waals surface area contributed by atoms with Crippen molar-refractivity contribution in [3.63, 3.8) is 0 Å². The lowest BCUT2D eigenvalue weighted by Gasteiger charge is -2.25. The summed E-state index contributed by atoms with van der Waals surface area (Å²) in [5.41, 5.74) is 0. The predicted molar refractivity (Wildman–Crippen MR) is 80.2 cm³/mol. The summed E-state index contributed by atoms with van der Waals surface area (Å²) in [5.74, 6) is -0.540. The minimum absolute atomic E-state index is 0.165. The van der Waals surface area contributed by atoms with E-state index in [4.69, 9.17) is 4.74 Å². The number of benzene rings is 1. The Kier molecular flexibility index (Phi) is 6.04. The third-order valence-corrected chi connectivity index (χ3v) is 3.76. The van der Waals surface area contributed by atoms with Gasteiger partial charge in [-0.2, -0.15) is 13.2 Å². The molecule has 0 radical (unpaired) electrons. The van der Waals surface area contributed by atoms with Crippen LogP contribution in [0, 0.1) is 5.82 Å². The maximum absolute atomic E-state index is 13.1. The van der Waals surface area contributed by atoms with Crippen LogP contribution in [0.25, 0.3) is 0 Å². The Morgan fingerprint density at radius 1 is 1.25 bits per heavy atom. The smallest absolute Gasteiger partial charge is 0.401 e. The third-order valence-electron chi connectivity index (χ3n) is 3.76. The highest BCUT2D eigenvalue weighted by Gasteiger charge is 2.32. The number of halogens is 4. The van der Waals surface area contributed by atoms with Crippen molar-refractivity contribution in [1.82, 2.24) is 9.80 Å². The Balaban J connectivity index is 1.90. The first-order valence-corrected chi connectivity index (χ1v) is 7.75. The van der Waals surface area contributed by atoms with Crippen molar-refractivity contribution in [2.75, 3.05) is 32.7 Å². The second-order valence-corrected chi connectivity index (χ2v) is 5.79. The van der Waals surface area contributed by atoms with Gasteiger partial charge in [-0.1, -0.05) is 6.07 Å². The first-order valence-electron chi connectivity index (χ1n) is 7.75. The molecular formula is C16H20F4N2O2. The standard InChI is InChI=1S/C16H20F4N2O2/c1-12(24-14-5-2-4-13(17)10-14)15(23)22-7-3-6-21(8-9-22)11-16(18,19)20/h2,4-5,10,12H,3,6-9,11H2,1H3. The predicted octanol–water partition coefficient (Wildman–Crippen LogP) is 2.69. The first kappa shape index (κ1) is 18.5. The average molecular weight is 348 g/mol. The molecule has 0 aromatic heterocycles. The van der Waals surface area contributed by atoms with Gasteiger partial charge in [0.25, 0.3) is 5.91 Å². The molecule has 0 N–H and O–H groups in total. The molecule has 1 aliphatic heterocycles. The molecule has 1 fully saturated rings. The first-order chi connectivity index (χ1) is 11.2. The van der Waals surface area contributed by atoms with Gasteiger partial charge in [-0.3, -0.25) is 9.69 Å². The van der Waals surface area contributed by atoms with Crippen molar-refractivity contribution < 1.29 is 27.1 Å². The lowest BCUT2D eigenvalue weighted by atomic mass is 10.3. The van der Waals surface area contributed by atoms with Crippen molar-refractivity contribution in [3.05, 3.63) is 30.1 Å². The summed E-state index contributed by atoms with van der Waals surface area (Å²) in [6, 6.07) is 5.46. The van der Waals surface area contributed by atoms with E-state index in [1.807, 2.05) is 0 Å². The zero-order valence-electron chi connectivity index (χ0n) is 13.4. The molecule has 4 nitrogen and oxygen atoms in total. The summed E-state index contributed by atoms with van der Waals surface area (Å²) in [6.07, 6.45) is -4.61. The summed E-state index contributed by atoms with van der Waals surface area (Å²) in [6.45, 7) is 1.63. The van der Waals surface area contributed by atoms with Gasteiger partial charge in [0.2, 0.25) is 0 Å². The minimum atomic E-state index is -4.24. The Morgan fingerprint density at radius 3 is 2.67 bits per heavy atom. The van der Waals surface area contributed by atoms with Gasteiger partial charge < -0.3 is 9.64 Å². The van der Waals surface area contributed by atoms with E-state index in [0.29, 0.717) is 19.5 Å². The van der Waals surface area contributed by atoms with Crippen LogP contribution < -0.4 is 4.74 Å². The van der Waals surface area contributed by atoms with E-state index < -0.39 is 24.6 Å². The quantitative estimate of drug-likeness (QED) is 0.785. The zero-order chi connectivity index (χ0) is 17.7. The number of carbonyl (C=O) groups excluding carboxylic acids is 1. The van der Waals surface area contributed by atoms with E-state index in [2.05, 4.69) is 0 Å². The Hall–Kier alpha value is -1.83. The fourth-order valence-electron chi connectivity index (χ4n) is 2.65. The summed E-state index contributed by atoms with van der Waals surface area (Å²) >= 11 is 0. The molecule has 134 valence electrons. The number of hydrogen-bond acceptors (Lipinski definition) is 3. The van der Waals surface area contributed by atoms with Gasteiger partial charge in [-0.15, -0.1) is 0 Å². The van der Waals surface area contributed by atoms with Crippen molar-refractivity contribution in [1.29, 1.82) is 0 Å². The van der Waals surface area contributed by atoms with Gasteiger partial charge in [0, 0.05) is 32.2 Å². The van der Waals surface area contributed by atoms with E-state index in [1.54, 1.807) is 13.0 Å². The second kappa shape index (κ2) is 7.83. The molecule has 1 aromatic carbocycles. The summed E-state index contributed by atoms with van der Waals surface area (Å²) < 4.78 is 55.9. The number of ether oxygens (including phenoxy) is 1. The second-order valence-electron chi connectivity index (χ2n) is 5.79. The van der Waals surface area contributed by atoms with Gasteiger partial charge in [0.1, 0.15) is 11.6 Å². The summed E-state index contributed by atoms with van der Waals surface area (Å²) in [4.78, 5) is 15.2. The normalized spacial score (nSPS) is 18.1. The number of amides is 1.